The fourth-order valence-electron chi connectivity index (χ4n) is 5.73. The van der Waals surface area contributed by atoms with E-state index in [2.05, 4.69) is 6.58 Å². The molecule has 1 unspecified atom stereocenters. The fourth-order valence-corrected chi connectivity index (χ4v) is 5.86. The summed E-state index contributed by atoms with van der Waals surface area (Å²) in [6.45, 7) is 5.71. The van der Waals surface area contributed by atoms with E-state index in [1.165, 1.54) is 12.1 Å². The first-order valence-corrected chi connectivity index (χ1v) is 13.1. The summed E-state index contributed by atoms with van der Waals surface area (Å²) < 4.78 is 45.7. The monoisotopic (exact) mass is 534 g/mol. The van der Waals surface area contributed by atoms with Crippen LogP contribution in [0.2, 0.25) is 5.02 Å². The van der Waals surface area contributed by atoms with Crippen LogP contribution in [-0.2, 0) is 16.4 Å². The van der Waals surface area contributed by atoms with Crippen LogP contribution in [0.1, 0.15) is 43.2 Å². The second kappa shape index (κ2) is 10.7. The molecule has 2 aromatic carbocycles. The molecule has 1 aliphatic carbocycles. The highest BCUT2D eigenvalue weighted by Gasteiger charge is 2.50. The predicted octanol–water partition coefficient (Wildman–Crippen LogP) is 6.58. The fraction of sp³-hybridized carbons (Fsp3) is 0.483. The van der Waals surface area contributed by atoms with Crippen molar-refractivity contribution in [3.05, 3.63) is 77.3 Å². The molecule has 0 radical (unpaired) electrons. The third-order valence-electron chi connectivity index (χ3n) is 7.81. The first kappa shape index (κ1) is 27.5. The second-order valence-electron chi connectivity index (χ2n) is 10.6. The lowest BCUT2D eigenvalue weighted by molar-refractivity contribution is -0.144. The summed E-state index contributed by atoms with van der Waals surface area (Å²) in [7, 11) is 3.84. The van der Waals surface area contributed by atoms with Gasteiger partial charge in [0.05, 0.1) is 11.0 Å². The quantitative estimate of drug-likeness (QED) is 0.358. The minimum atomic E-state index is -4.41. The van der Waals surface area contributed by atoms with Gasteiger partial charge in [0.15, 0.2) is 0 Å². The van der Waals surface area contributed by atoms with Gasteiger partial charge in [0, 0.05) is 30.6 Å². The van der Waals surface area contributed by atoms with Gasteiger partial charge in [-0.3, -0.25) is 4.79 Å². The summed E-state index contributed by atoms with van der Waals surface area (Å²) >= 11 is 6.10. The van der Waals surface area contributed by atoms with Crippen LogP contribution in [0.3, 0.4) is 0 Å². The Balaban J connectivity index is 1.59. The lowest BCUT2D eigenvalue weighted by Gasteiger charge is -2.49. The summed E-state index contributed by atoms with van der Waals surface area (Å²) in [5, 5.41) is 0.642. The maximum absolute atomic E-state index is 14.0. The Morgan fingerprint density at radius 3 is 2.30 bits per heavy atom. The summed E-state index contributed by atoms with van der Waals surface area (Å²) in [5.74, 6) is 0.396. The van der Waals surface area contributed by atoms with Crippen molar-refractivity contribution in [1.29, 1.82) is 0 Å². The molecule has 2 fully saturated rings. The molecule has 0 spiro atoms. The van der Waals surface area contributed by atoms with Crippen molar-refractivity contribution in [3.63, 3.8) is 0 Å². The molecule has 8 heteroatoms. The van der Waals surface area contributed by atoms with Crippen molar-refractivity contribution in [1.82, 2.24) is 9.80 Å². The number of halogens is 4. The van der Waals surface area contributed by atoms with Crippen molar-refractivity contribution in [2.24, 2.45) is 5.92 Å². The highest BCUT2D eigenvalue weighted by Crippen LogP contribution is 2.46. The maximum atomic E-state index is 14.0. The van der Waals surface area contributed by atoms with E-state index in [1.54, 1.807) is 6.08 Å². The van der Waals surface area contributed by atoms with Crippen molar-refractivity contribution in [2.45, 2.75) is 49.3 Å². The zero-order valence-electron chi connectivity index (χ0n) is 21.4. The molecular formula is C29H34ClF3N2O2. The molecule has 0 aromatic heterocycles. The Kier molecular flexibility index (Phi) is 7.96. The van der Waals surface area contributed by atoms with Crippen molar-refractivity contribution >= 4 is 17.5 Å². The number of likely N-dealkylation sites (N-methyl/N-ethyl adjacent to an activating group) is 1. The van der Waals surface area contributed by atoms with E-state index in [9.17, 15) is 18.0 Å². The number of likely N-dealkylation sites (tertiary alicyclic amines) is 1. The molecule has 1 saturated carbocycles. The van der Waals surface area contributed by atoms with Gasteiger partial charge in [-0.25, -0.2) is 0 Å². The number of nitrogens with zero attached hydrogens (tertiary/aromatic N) is 2. The van der Waals surface area contributed by atoms with Crippen molar-refractivity contribution in [2.75, 3.05) is 33.7 Å². The van der Waals surface area contributed by atoms with E-state index in [1.807, 2.05) is 48.2 Å². The molecule has 200 valence electrons. The number of rotatable bonds is 8. The van der Waals surface area contributed by atoms with E-state index in [0.717, 1.165) is 49.8 Å². The van der Waals surface area contributed by atoms with Crippen LogP contribution in [0, 0.1) is 5.92 Å². The molecule has 1 aliphatic heterocycles. The molecular weight excluding hydrogens is 501 g/mol. The summed E-state index contributed by atoms with van der Waals surface area (Å²) in [4.78, 5) is 17.9. The third-order valence-corrected chi connectivity index (χ3v) is 8.06. The predicted molar refractivity (Wildman–Crippen MR) is 140 cm³/mol. The third kappa shape index (κ3) is 5.68. The van der Waals surface area contributed by atoms with Crippen LogP contribution >= 0.6 is 11.6 Å². The van der Waals surface area contributed by atoms with Gasteiger partial charge in [-0.05, 0) is 87.8 Å². The van der Waals surface area contributed by atoms with Crippen LogP contribution in [0.25, 0.3) is 0 Å². The van der Waals surface area contributed by atoms with Gasteiger partial charge >= 0.3 is 6.18 Å². The maximum Gasteiger partial charge on any atom is 0.416 e. The number of hydrogen-bond acceptors (Lipinski definition) is 3. The second-order valence-corrected chi connectivity index (χ2v) is 11.0. The molecule has 1 saturated heterocycles. The Morgan fingerprint density at radius 2 is 1.78 bits per heavy atom. The lowest BCUT2D eigenvalue weighted by Crippen LogP contribution is -2.59. The zero-order chi connectivity index (χ0) is 26.8. The Hall–Kier alpha value is -2.51. The van der Waals surface area contributed by atoms with Crippen LogP contribution in [0.15, 0.2) is 61.2 Å². The molecule has 2 aromatic rings. The van der Waals surface area contributed by atoms with E-state index in [0.29, 0.717) is 30.4 Å². The molecule has 1 amide bonds. The van der Waals surface area contributed by atoms with Gasteiger partial charge in [-0.15, -0.1) is 0 Å². The molecule has 4 rings (SSSR count). The lowest BCUT2D eigenvalue weighted by atomic mass is 9.63. The molecule has 37 heavy (non-hydrogen) atoms. The van der Waals surface area contributed by atoms with Gasteiger partial charge in [0.25, 0.3) is 0 Å². The van der Waals surface area contributed by atoms with Gasteiger partial charge in [-0.2, -0.15) is 13.2 Å². The molecule has 2 atom stereocenters. The van der Waals surface area contributed by atoms with Gasteiger partial charge in [0.1, 0.15) is 11.4 Å². The number of piperidine rings is 1. The van der Waals surface area contributed by atoms with E-state index < -0.39 is 22.8 Å². The summed E-state index contributed by atoms with van der Waals surface area (Å²) in [6, 6.07) is 12.3. The highest BCUT2D eigenvalue weighted by atomic mass is 35.5. The van der Waals surface area contributed by atoms with Crippen molar-refractivity contribution in [3.8, 4) is 5.75 Å². The SMILES string of the molecule is C=CC(CN(C)C)(Oc1ccc(C(F)(F)F)cc1)[C@@H]1CCCN(C(=O)C2(c3ccc(Cl)cc3)CCC2)C1. The Morgan fingerprint density at radius 1 is 1.14 bits per heavy atom. The van der Waals surface area contributed by atoms with Gasteiger partial charge in [0.2, 0.25) is 5.91 Å². The smallest absolute Gasteiger partial charge is 0.416 e. The van der Waals surface area contributed by atoms with Crippen molar-refractivity contribution < 1.29 is 22.7 Å². The van der Waals surface area contributed by atoms with E-state index in [4.69, 9.17) is 16.3 Å². The highest BCUT2D eigenvalue weighted by molar-refractivity contribution is 6.30. The average molecular weight is 535 g/mol. The number of amides is 1. The summed E-state index contributed by atoms with van der Waals surface area (Å²) in [5.41, 5.74) is -1.13. The van der Waals surface area contributed by atoms with Crippen LogP contribution < -0.4 is 4.74 Å². The Bertz CT molecular complexity index is 1100. The van der Waals surface area contributed by atoms with Crippen LogP contribution in [0.5, 0.6) is 5.75 Å². The molecule has 4 nitrogen and oxygen atoms in total. The van der Waals surface area contributed by atoms with Crippen LogP contribution in [-0.4, -0.2) is 55.0 Å². The molecule has 0 N–H and O–H groups in total. The standard InChI is InChI=1S/C29H34ClF3N2O2/c1-4-28(20-34(2)3,37-25-14-10-22(11-15-25)29(31,32)33)23-7-5-18-35(19-23)26(36)27(16-6-17-27)21-8-12-24(30)13-9-21/h4,8-15,23H,1,5-7,16-20H2,2-3H3/t23-,28?/m1/s1. The minimum absolute atomic E-state index is 0.0743. The average Bonchev–Trinajstić information content (AvgIpc) is 2.83. The molecule has 2 aliphatic rings. The zero-order valence-corrected chi connectivity index (χ0v) is 22.1. The number of alkyl halides is 3. The largest absolute Gasteiger partial charge is 0.482 e. The summed E-state index contributed by atoms with van der Waals surface area (Å²) in [6.07, 6.45) is 1.58. The topological polar surface area (TPSA) is 32.8 Å². The molecule has 1 heterocycles. The first-order chi connectivity index (χ1) is 17.5. The number of hydrogen-bond donors (Lipinski definition) is 0. The normalized spacial score (nSPS) is 21.2. The number of carbonyl (C=O) groups excluding carboxylic acids is 1. The van der Waals surface area contributed by atoms with E-state index >= 15 is 0 Å². The number of carbonyl (C=O) groups is 1. The minimum Gasteiger partial charge on any atom is -0.482 e. The number of ether oxygens (including phenoxy) is 1. The van der Waals surface area contributed by atoms with Gasteiger partial charge < -0.3 is 14.5 Å². The van der Waals surface area contributed by atoms with Gasteiger partial charge in [-0.1, -0.05) is 36.7 Å². The van der Waals surface area contributed by atoms with E-state index in [-0.39, 0.29) is 11.8 Å². The number of benzene rings is 2. The first-order valence-electron chi connectivity index (χ1n) is 12.7. The Labute approximate surface area is 222 Å². The molecule has 0 bridgehead atoms. The van der Waals surface area contributed by atoms with Crippen LogP contribution in [0.4, 0.5) is 13.2 Å².